The summed E-state index contributed by atoms with van der Waals surface area (Å²) < 4.78 is 0. The van der Waals surface area contributed by atoms with Crippen LogP contribution >= 0.6 is 0 Å². The first-order valence-corrected chi connectivity index (χ1v) is 1.94. The fourth-order valence-electron chi connectivity index (χ4n) is 0.352. The van der Waals surface area contributed by atoms with E-state index in [9.17, 15) is 10.1 Å². The van der Waals surface area contributed by atoms with Crippen molar-refractivity contribution >= 4 is 5.82 Å². The maximum atomic E-state index is 9.79. The second-order valence-electron chi connectivity index (χ2n) is 1.18. The number of imidazole rings is 1. The molecule has 6 heteroatoms. The van der Waals surface area contributed by atoms with Crippen molar-refractivity contribution in [3.05, 3.63) is 22.6 Å². The summed E-state index contributed by atoms with van der Waals surface area (Å²) in [7, 11) is 0. The van der Waals surface area contributed by atoms with E-state index in [1.807, 2.05) is 0 Å². The molecule has 5 nitrogen and oxygen atoms in total. The van der Waals surface area contributed by atoms with Gasteiger partial charge in [-0.15, -0.1) is 0 Å². The molecule has 0 amide bonds. The van der Waals surface area contributed by atoms with Gasteiger partial charge in [-0.25, -0.2) is 0 Å². The molecule has 0 aliphatic heterocycles. The minimum absolute atomic E-state index is 0. The molecule has 0 aliphatic carbocycles. The summed E-state index contributed by atoms with van der Waals surface area (Å²) in [4.78, 5) is 15.0. The van der Waals surface area contributed by atoms with Crippen LogP contribution in [0.25, 0.3) is 0 Å². The summed E-state index contributed by atoms with van der Waals surface area (Å²) in [5.74, 6) is -0.148. The Morgan fingerprint density at radius 3 is 2.67 bits per heavy atom. The molecule has 53 valence electrons. The first kappa shape index (κ1) is 8.13. The second kappa shape index (κ2) is 3.21. The molecule has 0 aromatic carbocycles. The topological polar surface area (TPSA) is 71.8 Å². The molecule has 1 radical (unpaired) electrons. The Morgan fingerprint density at radius 1 is 1.78 bits per heavy atom. The molecule has 1 aromatic heterocycles. The monoisotopic (exact) mass is 176 g/mol. The third kappa shape index (κ3) is 1.83. The van der Waals surface area contributed by atoms with Gasteiger partial charge in [0.2, 0.25) is 6.33 Å². The molecule has 0 fully saturated rings. The Labute approximate surface area is 61.1 Å². The number of hydrogen-bond donors (Lipinski definition) is 1. The molecule has 1 heterocycles. The number of nitrogens with one attached hydrogen (secondary N) is 1. The number of aromatic nitrogens is 2. The van der Waals surface area contributed by atoms with Crippen LogP contribution in [0.2, 0.25) is 0 Å². The predicted molar refractivity (Wildman–Crippen MR) is 25.2 cm³/mol. The number of nitrogens with zero attached hydrogens (tertiary/aromatic N) is 2. The standard InChI is InChI=1S/C3H3N3O2.Cu/c7-6(8)3-1-4-2-5-3;/h1-2H,(H,4,5);. The summed E-state index contributed by atoms with van der Waals surface area (Å²) in [6.45, 7) is 0. The second-order valence-corrected chi connectivity index (χ2v) is 1.18. The third-order valence-corrected chi connectivity index (χ3v) is 0.671. The number of rotatable bonds is 1. The van der Waals surface area contributed by atoms with Crippen molar-refractivity contribution in [1.82, 2.24) is 9.97 Å². The molecular formula is C3H3CuN3O2. The van der Waals surface area contributed by atoms with E-state index < -0.39 is 4.92 Å². The van der Waals surface area contributed by atoms with Gasteiger partial charge in [0.25, 0.3) is 0 Å². The SMILES string of the molecule is O=[N+]([O-])c1c[nH]cn1.[Cu]. The van der Waals surface area contributed by atoms with E-state index in [2.05, 4.69) is 9.97 Å². The molecule has 1 N–H and O–H groups in total. The molecule has 0 bridgehead atoms. The molecule has 9 heavy (non-hydrogen) atoms. The van der Waals surface area contributed by atoms with Crippen LogP contribution in [0, 0.1) is 10.1 Å². The van der Waals surface area contributed by atoms with Crippen LogP contribution in [0.3, 0.4) is 0 Å². The largest absolute Gasteiger partial charge is 0.381 e. The van der Waals surface area contributed by atoms with E-state index in [-0.39, 0.29) is 22.9 Å². The predicted octanol–water partition coefficient (Wildman–Crippen LogP) is 0.315. The Hall–Kier alpha value is -0.871. The Kier molecular flexibility index (Phi) is 2.90. The van der Waals surface area contributed by atoms with Gasteiger partial charge < -0.3 is 15.1 Å². The molecule has 1 aromatic rings. The van der Waals surface area contributed by atoms with Crippen LogP contribution in [0.15, 0.2) is 12.5 Å². The fraction of sp³-hybridized carbons (Fsp3) is 0. The van der Waals surface area contributed by atoms with Crippen molar-refractivity contribution in [2.45, 2.75) is 0 Å². The van der Waals surface area contributed by atoms with Crippen LogP contribution in [0.1, 0.15) is 0 Å². The zero-order valence-corrected chi connectivity index (χ0v) is 5.11. The van der Waals surface area contributed by atoms with Crippen LogP contribution < -0.4 is 0 Å². The van der Waals surface area contributed by atoms with E-state index >= 15 is 0 Å². The molecule has 0 aliphatic rings. The van der Waals surface area contributed by atoms with Gasteiger partial charge in [0.05, 0.1) is 0 Å². The van der Waals surface area contributed by atoms with Crippen LogP contribution in [0.4, 0.5) is 5.82 Å². The van der Waals surface area contributed by atoms with Gasteiger partial charge >= 0.3 is 5.82 Å². The summed E-state index contributed by atoms with van der Waals surface area (Å²) in [6, 6.07) is 0. The molecule has 0 atom stereocenters. The molecule has 0 unspecified atom stereocenters. The average molecular weight is 177 g/mol. The van der Waals surface area contributed by atoms with E-state index in [0.29, 0.717) is 0 Å². The van der Waals surface area contributed by atoms with Crippen molar-refractivity contribution in [2.24, 2.45) is 0 Å². The Bertz CT molecular complexity index is 185. The van der Waals surface area contributed by atoms with Crippen molar-refractivity contribution in [3.8, 4) is 0 Å². The van der Waals surface area contributed by atoms with E-state index in [0.717, 1.165) is 0 Å². The van der Waals surface area contributed by atoms with Crippen LogP contribution in [0.5, 0.6) is 0 Å². The van der Waals surface area contributed by atoms with Crippen molar-refractivity contribution in [2.75, 3.05) is 0 Å². The zero-order chi connectivity index (χ0) is 5.98. The Morgan fingerprint density at radius 2 is 2.44 bits per heavy atom. The normalized spacial score (nSPS) is 8.00. The van der Waals surface area contributed by atoms with E-state index in [1.165, 1.54) is 12.5 Å². The van der Waals surface area contributed by atoms with Gasteiger partial charge in [0, 0.05) is 17.1 Å². The van der Waals surface area contributed by atoms with Crippen molar-refractivity contribution in [3.63, 3.8) is 0 Å². The molecule has 0 saturated heterocycles. The fourth-order valence-corrected chi connectivity index (χ4v) is 0.352. The summed E-state index contributed by atoms with van der Waals surface area (Å²) in [5.41, 5.74) is 0. The van der Waals surface area contributed by atoms with E-state index in [4.69, 9.17) is 0 Å². The quantitative estimate of drug-likeness (QED) is 0.381. The molecule has 0 spiro atoms. The maximum Gasteiger partial charge on any atom is 0.381 e. The van der Waals surface area contributed by atoms with Crippen LogP contribution in [-0.2, 0) is 17.1 Å². The smallest absolute Gasteiger partial charge is 0.358 e. The maximum absolute atomic E-state index is 9.79. The van der Waals surface area contributed by atoms with Gasteiger partial charge in [-0.1, -0.05) is 0 Å². The molecule has 1 rings (SSSR count). The van der Waals surface area contributed by atoms with Crippen molar-refractivity contribution in [1.29, 1.82) is 0 Å². The average Bonchev–Trinajstić information content (AvgIpc) is 2.12. The van der Waals surface area contributed by atoms with Gasteiger partial charge in [-0.3, -0.25) is 0 Å². The molecular weight excluding hydrogens is 174 g/mol. The summed E-state index contributed by atoms with van der Waals surface area (Å²) in [5, 5.41) is 9.79. The van der Waals surface area contributed by atoms with Gasteiger partial charge in [0.15, 0.2) is 0 Å². The third-order valence-electron chi connectivity index (χ3n) is 0.671. The minimum atomic E-state index is -0.559. The minimum Gasteiger partial charge on any atom is -0.358 e. The zero-order valence-electron chi connectivity index (χ0n) is 4.17. The number of H-pyrrole nitrogens is 1. The van der Waals surface area contributed by atoms with Crippen molar-refractivity contribution < 1.29 is 22.0 Å². The van der Waals surface area contributed by atoms with Gasteiger partial charge in [-0.2, -0.15) is 0 Å². The summed E-state index contributed by atoms with van der Waals surface area (Å²) >= 11 is 0. The first-order valence-electron chi connectivity index (χ1n) is 1.94. The number of hydrogen-bond acceptors (Lipinski definition) is 3. The van der Waals surface area contributed by atoms with Gasteiger partial charge in [-0.05, 0) is 9.91 Å². The Balaban J connectivity index is 0.000000640. The van der Waals surface area contributed by atoms with E-state index in [1.54, 1.807) is 0 Å². The van der Waals surface area contributed by atoms with Crippen LogP contribution in [-0.4, -0.2) is 14.9 Å². The van der Waals surface area contributed by atoms with Gasteiger partial charge in [0.1, 0.15) is 6.20 Å². The summed E-state index contributed by atoms with van der Waals surface area (Å²) in [6.07, 6.45) is 2.48. The number of nitro groups is 1. The number of aromatic amines is 1. The first-order chi connectivity index (χ1) is 3.80. The molecule has 0 saturated carbocycles.